The number of fused-ring (bicyclic) bond motifs is 1. The summed E-state index contributed by atoms with van der Waals surface area (Å²) in [4.78, 5) is 11.9. The quantitative estimate of drug-likeness (QED) is 0.171. The third kappa shape index (κ3) is 6.13. The molecule has 2 aromatic rings. The zero-order valence-electron chi connectivity index (χ0n) is 17.4. The minimum Gasteiger partial charge on any atom is -0.394 e. The molecule has 0 spiro atoms. The molecule has 2 aromatic carbocycles. The van der Waals surface area contributed by atoms with E-state index in [2.05, 4.69) is 10.6 Å². The van der Waals surface area contributed by atoms with Gasteiger partial charge in [0, 0.05) is 31.0 Å². The monoisotopic (exact) mass is 504 g/mol. The van der Waals surface area contributed by atoms with Crippen LogP contribution in [0.4, 0.5) is 5.69 Å². The fourth-order valence-corrected chi connectivity index (χ4v) is 5.18. The molecule has 0 aliphatic carbocycles. The normalized spacial score (nSPS) is 25.7. The van der Waals surface area contributed by atoms with Crippen LogP contribution in [0.15, 0.2) is 41.3 Å². The van der Waals surface area contributed by atoms with Gasteiger partial charge in [0.1, 0.15) is 34.7 Å². The topological polar surface area (TPSA) is 186 Å². The van der Waals surface area contributed by atoms with E-state index in [1.54, 1.807) is 24.3 Å². The molecule has 7 N–H and O–H groups in total. The molecule has 3 rings (SSSR count). The first-order valence-electron chi connectivity index (χ1n) is 10.1. The largest absolute Gasteiger partial charge is 0.394 e. The molecule has 13 heteroatoms. The summed E-state index contributed by atoms with van der Waals surface area (Å²) in [5, 5.41) is 45.5. The van der Waals surface area contributed by atoms with Gasteiger partial charge in [-0.15, -0.1) is 11.8 Å². The number of nitrogens with one attached hydrogen (secondary N) is 2. The molecule has 0 aromatic heterocycles. The van der Waals surface area contributed by atoms with Crippen molar-refractivity contribution in [2.45, 2.75) is 34.7 Å². The minimum atomic E-state index is -4.37. The highest BCUT2D eigenvalue weighted by molar-refractivity contribution is 8.00. The Balaban J connectivity index is 0.00000408. The Morgan fingerprint density at radius 3 is 2.42 bits per heavy atom. The Kier molecular flexibility index (Phi) is 8.53. The van der Waals surface area contributed by atoms with E-state index < -0.39 is 46.6 Å². The number of thioether (sulfide) groups is 1. The van der Waals surface area contributed by atoms with Crippen LogP contribution >= 0.6 is 11.8 Å². The molecule has 0 bridgehead atoms. The molecule has 33 heavy (non-hydrogen) atoms. The molecule has 1 aliphatic rings. The van der Waals surface area contributed by atoms with Gasteiger partial charge in [0.15, 0.2) is 0 Å². The smallest absolute Gasteiger partial charge is 0.295 e. The summed E-state index contributed by atoms with van der Waals surface area (Å²) in [6, 6.07) is 9.52. The second kappa shape index (κ2) is 11.0. The van der Waals surface area contributed by atoms with E-state index in [0.29, 0.717) is 23.0 Å². The van der Waals surface area contributed by atoms with Gasteiger partial charge >= 0.3 is 0 Å². The van der Waals surface area contributed by atoms with Gasteiger partial charge < -0.3 is 35.8 Å². The number of ether oxygens (including phenoxy) is 1. The average Bonchev–Trinajstić information content (AvgIpc) is 2.79. The number of carbonyl (C=O) groups excluding carboxylic acids is 1. The number of anilines is 1. The Morgan fingerprint density at radius 1 is 1.03 bits per heavy atom. The third-order valence-electron chi connectivity index (χ3n) is 5.15. The lowest BCUT2D eigenvalue weighted by atomic mass is 10.0. The second-order valence-corrected chi connectivity index (χ2v) is 9.89. The van der Waals surface area contributed by atoms with Gasteiger partial charge in [-0.3, -0.25) is 9.35 Å². The van der Waals surface area contributed by atoms with Crippen molar-refractivity contribution < 1.29 is 44.4 Å². The molecule has 11 nitrogen and oxygen atoms in total. The summed E-state index contributed by atoms with van der Waals surface area (Å²) in [6.07, 6.45) is -5.40. The first kappa shape index (κ1) is 25.6. The van der Waals surface area contributed by atoms with Gasteiger partial charge in [0.05, 0.1) is 12.4 Å². The Hall–Kier alpha value is -1.97. The molecule has 5 atom stereocenters. The lowest BCUT2D eigenvalue weighted by molar-refractivity contribution is -0.205. The van der Waals surface area contributed by atoms with Gasteiger partial charge in [0.2, 0.25) is 5.91 Å². The Labute approximate surface area is 196 Å². The van der Waals surface area contributed by atoms with Gasteiger partial charge in [-0.2, -0.15) is 8.42 Å². The van der Waals surface area contributed by atoms with E-state index in [1.165, 1.54) is 12.1 Å². The van der Waals surface area contributed by atoms with Crippen molar-refractivity contribution in [2.24, 2.45) is 0 Å². The van der Waals surface area contributed by atoms with E-state index in [9.17, 15) is 38.2 Å². The highest BCUT2D eigenvalue weighted by atomic mass is 32.2. The molecule has 1 saturated heterocycles. The summed E-state index contributed by atoms with van der Waals surface area (Å²) in [7, 11) is -4.37. The summed E-state index contributed by atoms with van der Waals surface area (Å²) in [5.74, 6) is -0.445. The van der Waals surface area contributed by atoms with E-state index in [0.717, 1.165) is 11.8 Å². The lowest BCUT2D eigenvalue weighted by Crippen LogP contribution is -2.57. The number of aliphatic hydroxyl groups excluding tert-OH is 4. The molecule has 0 saturated carbocycles. The maximum atomic E-state index is 12.1. The Bertz CT molecular complexity index is 1090. The van der Waals surface area contributed by atoms with Crippen molar-refractivity contribution in [2.75, 3.05) is 30.8 Å². The van der Waals surface area contributed by atoms with Crippen LogP contribution in [0, 0.1) is 0 Å². The first-order chi connectivity index (χ1) is 15.6. The van der Waals surface area contributed by atoms with Crippen LogP contribution in [0.1, 0.15) is 1.43 Å². The predicted octanol–water partition coefficient (Wildman–Crippen LogP) is -0.606. The number of hydrogen-bond donors (Lipinski definition) is 7. The van der Waals surface area contributed by atoms with Crippen molar-refractivity contribution >= 4 is 44.2 Å². The van der Waals surface area contributed by atoms with Crippen LogP contribution in [-0.4, -0.2) is 94.6 Å². The highest BCUT2D eigenvalue weighted by Gasteiger charge is 2.43. The molecular weight excluding hydrogens is 476 g/mol. The standard InChI is InChI=1S/C20H26N2O9S2.H2/c23-9-14-17(25)18(26)19(27)20(31-14)32-10-16(24)22-8-7-21-13-5-1-4-12-11(13)3-2-6-15(12)33(28,29)30;/h1-6,14,17-21,23,25-27H,7-10H2,(H,22,24)(H,28,29,30);1H. The zero-order valence-corrected chi connectivity index (χ0v) is 19.0. The van der Waals surface area contributed by atoms with Crippen molar-refractivity contribution in [1.82, 2.24) is 5.32 Å². The molecule has 1 aliphatic heterocycles. The van der Waals surface area contributed by atoms with Crippen LogP contribution in [-0.2, 0) is 19.6 Å². The molecule has 1 fully saturated rings. The van der Waals surface area contributed by atoms with Crippen LogP contribution in [0.5, 0.6) is 0 Å². The SMILES string of the molecule is O=C(CSC1OC(CO)C(O)C(O)C1O)NCCNc1cccc2c(S(=O)(=O)O)cccc12.[HH]. The summed E-state index contributed by atoms with van der Waals surface area (Å²) < 4.78 is 37.9. The van der Waals surface area contributed by atoms with E-state index in [1.807, 2.05) is 0 Å². The molecule has 1 heterocycles. The molecular formula is C20H28N2O9S2. The van der Waals surface area contributed by atoms with Crippen LogP contribution in [0.25, 0.3) is 10.8 Å². The van der Waals surface area contributed by atoms with Gasteiger partial charge in [-0.05, 0) is 12.1 Å². The molecule has 0 radical (unpaired) electrons. The maximum Gasteiger partial charge on any atom is 0.295 e. The number of carbonyl (C=O) groups is 1. The van der Waals surface area contributed by atoms with Crippen molar-refractivity contribution in [3.8, 4) is 0 Å². The predicted molar refractivity (Wildman–Crippen MR) is 124 cm³/mol. The van der Waals surface area contributed by atoms with Crippen molar-refractivity contribution in [1.29, 1.82) is 0 Å². The summed E-state index contributed by atoms with van der Waals surface area (Å²) in [6.45, 7) is 0.0217. The summed E-state index contributed by atoms with van der Waals surface area (Å²) in [5.41, 5.74) is -0.361. The molecule has 184 valence electrons. The van der Waals surface area contributed by atoms with Crippen LogP contribution < -0.4 is 10.6 Å². The van der Waals surface area contributed by atoms with Crippen LogP contribution in [0.2, 0.25) is 0 Å². The number of benzene rings is 2. The minimum absolute atomic E-state index is 0. The van der Waals surface area contributed by atoms with E-state index in [-0.39, 0.29) is 24.5 Å². The average molecular weight is 505 g/mol. The molecule has 5 unspecified atom stereocenters. The fourth-order valence-electron chi connectivity index (χ4n) is 3.47. The van der Waals surface area contributed by atoms with Gasteiger partial charge in [-0.1, -0.05) is 24.3 Å². The lowest BCUT2D eigenvalue weighted by Gasteiger charge is -2.39. The fraction of sp³-hybridized carbons (Fsp3) is 0.450. The number of aliphatic hydroxyl groups is 4. The van der Waals surface area contributed by atoms with Gasteiger partial charge in [-0.25, -0.2) is 0 Å². The second-order valence-electron chi connectivity index (χ2n) is 7.42. The summed E-state index contributed by atoms with van der Waals surface area (Å²) >= 11 is 0.931. The Morgan fingerprint density at radius 2 is 1.73 bits per heavy atom. The first-order valence-corrected chi connectivity index (χ1v) is 12.5. The number of hydrogen-bond acceptors (Lipinski definition) is 10. The zero-order chi connectivity index (χ0) is 24.2. The van der Waals surface area contributed by atoms with Crippen molar-refractivity contribution in [3.05, 3.63) is 36.4 Å². The van der Waals surface area contributed by atoms with Crippen LogP contribution in [0.3, 0.4) is 0 Å². The number of amides is 1. The van der Waals surface area contributed by atoms with Gasteiger partial charge in [0.25, 0.3) is 10.1 Å². The molecule has 1 amide bonds. The van der Waals surface area contributed by atoms with E-state index in [4.69, 9.17) is 4.74 Å². The van der Waals surface area contributed by atoms with E-state index >= 15 is 0 Å². The third-order valence-corrected chi connectivity index (χ3v) is 7.21. The van der Waals surface area contributed by atoms with Crippen molar-refractivity contribution in [3.63, 3.8) is 0 Å². The highest BCUT2D eigenvalue weighted by Crippen LogP contribution is 2.29. The number of rotatable bonds is 9. The maximum absolute atomic E-state index is 12.1.